The maximum atomic E-state index is 12.5. The molecule has 5 nitrogen and oxygen atoms in total. The van der Waals surface area contributed by atoms with E-state index in [1.807, 2.05) is 16.2 Å². The molecule has 1 aromatic rings. The summed E-state index contributed by atoms with van der Waals surface area (Å²) in [5.41, 5.74) is 0. The van der Waals surface area contributed by atoms with Gasteiger partial charge in [-0.1, -0.05) is 0 Å². The zero-order valence-electron chi connectivity index (χ0n) is 16.2. The van der Waals surface area contributed by atoms with E-state index in [0.717, 1.165) is 58.2 Å². The highest BCUT2D eigenvalue weighted by Gasteiger charge is 2.26. The minimum absolute atomic E-state index is 0. The van der Waals surface area contributed by atoms with Crippen molar-refractivity contribution in [3.05, 3.63) is 21.9 Å². The van der Waals surface area contributed by atoms with Crippen molar-refractivity contribution >= 4 is 35.6 Å². The van der Waals surface area contributed by atoms with E-state index < -0.39 is 0 Å². The van der Waals surface area contributed by atoms with E-state index in [9.17, 15) is 9.59 Å². The van der Waals surface area contributed by atoms with Gasteiger partial charge in [0, 0.05) is 35.8 Å². The summed E-state index contributed by atoms with van der Waals surface area (Å²) in [6.07, 6.45) is 6.69. The first kappa shape index (κ1) is 22.2. The van der Waals surface area contributed by atoms with Gasteiger partial charge in [-0.2, -0.15) is 0 Å². The number of likely N-dealkylation sites (tertiary alicyclic amines) is 1. The molecule has 2 aliphatic rings. The Balaban J connectivity index is 0.00000261. The van der Waals surface area contributed by atoms with Gasteiger partial charge >= 0.3 is 0 Å². The van der Waals surface area contributed by atoms with Crippen LogP contribution in [0.1, 0.15) is 48.3 Å². The molecule has 0 spiro atoms. The molecule has 0 radical (unpaired) electrons. The quantitative estimate of drug-likeness (QED) is 0.722. The molecule has 2 N–H and O–H groups in total. The Morgan fingerprint density at radius 3 is 2.85 bits per heavy atom. The van der Waals surface area contributed by atoms with Crippen LogP contribution in [0.2, 0.25) is 0 Å². The molecule has 1 aromatic heterocycles. The minimum atomic E-state index is -0.0165. The van der Waals surface area contributed by atoms with Crippen LogP contribution in [0.5, 0.6) is 0 Å². The number of aryl methyl sites for hydroxylation is 2. The third kappa shape index (κ3) is 6.77. The first-order valence-electron chi connectivity index (χ1n) is 9.96. The summed E-state index contributed by atoms with van der Waals surface area (Å²) in [5, 5.41) is 6.32. The van der Waals surface area contributed by atoms with Crippen molar-refractivity contribution < 1.29 is 9.59 Å². The lowest BCUT2D eigenvalue weighted by Gasteiger charge is -2.33. The number of halogens is 1. The van der Waals surface area contributed by atoms with Crippen LogP contribution in [0.15, 0.2) is 12.1 Å². The van der Waals surface area contributed by atoms with Crippen LogP contribution in [0.4, 0.5) is 0 Å². The summed E-state index contributed by atoms with van der Waals surface area (Å²) < 4.78 is 0. The molecule has 2 unspecified atom stereocenters. The van der Waals surface area contributed by atoms with Gasteiger partial charge in [-0.15, -0.1) is 23.7 Å². The fourth-order valence-corrected chi connectivity index (χ4v) is 4.86. The Morgan fingerprint density at radius 2 is 2.15 bits per heavy atom. The van der Waals surface area contributed by atoms with Crippen LogP contribution < -0.4 is 10.6 Å². The number of nitrogens with one attached hydrogen (secondary N) is 2. The van der Waals surface area contributed by atoms with Gasteiger partial charge in [0.05, 0.1) is 6.04 Å². The van der Waals surface area contributed by atoms with Gasteiger partial charge in [0.25, 0.3) is 0 Å². The van der Waals surface area contributed by atoms with E-state index >= 15 is 0 Å². The fraction of sp³-hybridized carbons (Fsp3) is 0.700. The van der Waals surface area contributed by atoms with E-state index in [-0.39, 0.29) is 30.3 Å². The number of carbonyl (C=O) groups excluding carboxylic acids is 2. The van der Waals surface area contributed by atoms with Gasteiger partial charge in [0.15, 0.2) is 0 Å². The first-order valence-corrected chi connectivity index (χ1v) is 10.8. The number of amides is 2. The van der Waals surface area contributed by atoms with Gasteiger partial charge in [-0.25, -0.2) is 0 Å². The van der Waals surface area contributed by atoms with Gasteiger partial charge in [0.2, 0.25) is 11.8 Å². The number of carbonyl (C=O) groups is 2. The molecule has 0 aliphatic carbocycles. The van der Waals surface area contributed by atoms with E-state index in [1.165, 1.54) is 9.75 Å². The van der Waals surface area contributed by atoms with Gasteiger partial charge in [-0.3, -0.25) is 9.59 Å². The second kappa shape index (κ2) is 11.0. The van der Waals surface area contributed by atoms with Crippen LogP contribution in [0.3, 0.4) is 0 Å². The Hall–Kier alpha value is -1.11. The monoisotopic (exact) mass is 413 g/mol. The summed E-state index contributed by atoms with van der Waals surface area (Å²) >= 11 is 1.82. The SMILES string of the molecule is Cc1ccc(CCCC(=O)N2CCCC(CNC(=O)C3CCCN3)C2)s1.Cl. The molecule has 7 heteroatoms. The zero-order chi connectivity index (χ0) is 18.4. The number of thiophene rings is 1. The maximum Gasteiger partial charge on any atom is 0.237 e. The largest absolute Gasteiger partial charge is 0.354 e. The van der Waals surface area contributed by atoms with Crippen LogP contribution in [0, 0.1) is 12.8 Å². The van der Waals surface area contributed by atoms with Gasteiger partial charge < -0.3 is 15.5 Å². The van der Waals surface area contributed by atoms with Crippen LogP contribution in [-0.2, 0) is 16.0 Å². The normalized spacial score (nSPS) is 22.3. The lowest BCUT2D eigenvalue weighted by atomic mass is 9.97. The maximum absolute atomic E-state index is 12.5. The summed E-state index contributed by atoms with van der Waals surface area (Å²) in [5.74, 6) is 0.780. The van der Waals surface area contributed by atoms with Crippen molar-refractivity contribution in [1.82, 2.24) is 15.5 Å². The highest BCUT2D eigenvalue weighted by atomic mass is 35.5. The van der Waals surface area contributed by atoms with Crippen molar-refractivity contribution in [2.75, 3.05) is 26.2 Å². The highest BCUT2D eigenvalue weighted by molar-refractivity contribution is 7.11. The Labute approximate surface area is 172 Å². The molecular weight excluding hydrogens is 382 g/mol. The predicted molar refractivity (Wildman–Crippen MR) is 113 cm³/mol. The standard InChI is InChI=1S/C20H31N3O2S.ClH/c1-15-9-10-17(26-15)6-2-8-19(24)23-12-4-5-16(14-23)13-22-20(25)18-7-3-11-21-18;/h9-10,16,18,21H,2-8,11-14H2,1H3,(H,22,25);1H. The van der Waals surface area contributed by atoms with E-state index in [1.54, 1.807) is 0 Å². The third-order valence-electron chi connectivity index (χ3n) is 5.42. The molecule has 3 heterocycles. The Bertz CT molecular complexity index is 616. The van der Waals surface area contributed by atoms with Crippen molar-refractivity contribution in [2.45, 2.75) is 57.9 Å². The molecule has 2 aliphatic heterocycles. The highest BCUT2D eigenvalue weighted by Crippen LogP contribution is 2.20. The molecule has 2 atom stereocenters. The molecule has 0 saturated carbocycles. The van der Waals surface area contributed by atoms with Gasteiger partial charge in [-0.05, 0) is 70.0 Å². The van der Waals surface area contributed by atoms with Crippen LogP contribution in [0.25, 0.3) is 0 Å². The number of nitrogens with zero attached hydrogens (tertiary/aromatic N) is 1. The van der Waals surface area contributed by atoms with Crippen molar-refractivity contribution in [2.24, 2.45) is 5.92 Å². The predicted octanol–water partition coefficient (Wildman–Crippen LogP) is 2.91. The minimum Gasteiger partial charge on any atom is -0.354 e. The smallest absolute Gasteiger partial charge is 0.237 e. The molecule has 2 fully saturated rings. The molecule has 152 valence electrons. The molecular formula is C20H32ClN3O2S. The molecule has 0 bridgehead atoms. The molecule has 27 heavy (non-hydrogen) atoms. The molecule has 2 amide bonds. The Kier molecular flexibility index (Phi) is 9.06. The van der Waals surface area contributed by atoms with Crippen molar-refractivity contribution in [1.29, 1.82) is 0 Å². The molecule has 2 saturated heterocycles. The van der Waals surface area contributed by atoms with Crippen molar-refractivity contribution in [3.63, 3.8) is 0 Å². The number of hydrogen-bond acceptors (Lipinski definition) is 4. The molecule has 0 aromatic carbocycles. The average molecular weight is 414 g/mol. The summed E-state index contributed by atoms with van der Waals surface area (Å²) in [4.78, 5) is 29.4. The second-order valence-electron chi connectivity index (χ2n) is 7.61. The zero-order valence-corrected chi connectivity index (χ0v) is 17.8. The van der Waals surface area contributed by atoms with E-state index in [4.69, 9.17) is 0 Å². The van der Waals surface area contributed by atoms with Crippen molar-refractivity contribution in [3.8, 4) is 0 Å². The number of rotatable bonds is 7. The lowest BCUT2D eigenvalue weighted by molar-refractivity contribution is -0.133. The number of piperidine rings is 1. The third-order valence-corrected chi connectivity index (χ3v) is 6.48. The lowest BCUT2D eigenvalue weighted by Crippen LogP contribution is -2.46. The van der Waals surface area contributed by atoms with Crippen LogP contribution in [-0.4, -0.2) is 48.9 Å². The van der Waals surface area contributed by atoms with Gasteiger partial charge in [0.1, 0.15) is 0 Å². The Morgan fingerprint density at radius 1 is 1.30 bits per heavy atom. The summed E-state index contributed by atoms with van der Waals surface area (Å²) in [7, 11) is 0. The van der Waals surface area contributed by atoms with E-state index in [2.05, 4.69) is 29.7 Å². The van der Waals surface area contributed by atoms with E-state index in [0.29, 0.717) is 18.9 Å². The second-order valence-corrected chi connectivity index (χ2v) is 8.98. The number of hydrogen-bond donors (Lipinski definition) is 2. The average Bonchev–Trinajstić information content (AvgIpc) is 3.32. The first-order chi connectivity index (χ1) is 12.6. The van der Waals surface area contributed by atoms with Crippen LogP contribution >= 0.6 is 23.7 Å². The summed E-state index contributed by atoms with van der Waals surface area (Å²) in [6.45, 7) is 5.40. The summed E-state index contributed by atoms with van der Waals surface area (Å²) in [6, 6.07) is 4.30. The fourth-order valence-electron chi connectivity index (χ4n) is 3.93. The topological polar surface area (TPSA) is 61.4 Å². The molecule has 3 rings (SSSR count).